The van der Waals surface area contributed by atoms with E-state index in [1.54, 1.807) is 0 Å². The molecule has 1 aliphatic carbocycles. The molecule has 0 spiro atoms. The molecule has 0 unspecified atom stereocenters. The molecule has 1 saturated carbocycles. The zero-order chi connectivity index (χ0) is 12.2. The first kappa shape index (κ1) is 13.7. The molecule has 0 amide bonds. The minimum Gasteiger partial charge on any atom is -0.313 e. The Labute approximate surface area is 92.0 Å². The van der Waals surface area contributed by atoms with Crippen molar-refractivity contribution in [2.24, 2.45) is 0 Å². The van der Waals surface area contributed by atoms with Crippen molar-refractivity contribution in [3.63, 3.8) is 0 Å². The largest absolute Gasteiger partial charge is 0.402 e. The van der Waals surface area contributed by atoms with Crippen molar-refractivity contribution in [3.8, 4) is 0 Å². The highest BCUT2D eigenvalue weighted by Gasteiger charge is 2.29. The van der Waals surface area contributed by atoms with Crippen molar-refractivity contribution in [2.75, 3.05) is 19.6 Å². The minimum absolute atomic E-state index is 0.0731. The monoisotopic (exact) mass is 261 g/mol. The smallest absolute Gasteiger partial charge is 0.313 e. The molecule has 9 heteroatoms. The maximum atomic E-state index is 11.7. The van der Waals surface area contributed by atoms with Crippen molar-refractivity contribution < 1.29 is 21.6 Å². The fourth-order valence-corrected chi connectivity index (χ4v) is 1.80. The van der Waals surface area contributed by atoms with Gasteiger partial charge in [0.15, 0.2) is 0 Å². The third-order valence-corrected chi connectivity index (χ3v) is 3.00. The molecule has 1 rings (SSSR count). The van der Waals surface area contributed by atoms with Gasteiger partial charge < -0.3 is 5.32 Å². The van der Waals surface area contributed by atoms with Gasteiger partial charge in [0.1, 0.15) is 6.54 Å². The molecule has 1 aliphatic rings. The summed E-state index contributed by atoms with van der Waals surface area (Å²) in [6.07, 6.45) is -2.40. The van der Waals surface area contributed by atoms with E-state index in [1.165, 1.54) is 4.72 Å². The van der Waals surface area contributed by atoms with Gasteiger partial charge in [-0.2, -0.15) is 26.3 Å². The number of hydrogen-bond donors (Lipinski definition) is 3. The van der Waals surface area contributed by atoms with Gasteiger partial charge in [0, 0.05) is 19.1 Å². The van der Waals surface area contributed by atoms with Crippen LogP contribution in [0.3, 0.4) is 0 Å². The van der Waals surface area contributed by atoms with Crippen molar-refractivity contribution in [1.29, 1.82) is 0 Å². The Bertz CT molecular complexity index is 313. The van der Waals surface area contributed by atoms with Crippen LogP contribution in [0.2, 0.25) is 0 Å². The molecule has 0 aromatic carbocycles. The Kier molecular flexibility index (Phi) is 4.53. The highest BCUT2D eigenvalue weighted by molar-refractivity contribution is 7.87. The van der Waals surface area contributed by atoms with Crippen LogP contribution in [0, 0.1) is 0 Å². The minimum atomic E-state index is -4.54. The van der Waals surface area contributed by atoms with Crippen molar-refractivity contribution in [2.45, 2.75) is 25.1 Å². The van der Waals surface area contributed by atoms with Crippen LogP contribution >= 0.6 is 0 Å². The maximum Gasteiger partial charge on any atom is 0.402 e. The summed E-state index contributed by atoms with van der Waals surface area (Å²) in [5, 5.41) is 3.02. The standard InChI is InChI=1S/C7H14F3N3O2S/c8-7(9,10)5-13-16(14,15)12-4-3-11-6-1-2-6/h6,11-13H,1-5H2. The van der Waals surface area contributed by atoms with Crippen molar-refractivity contribution in [1.82, 2.24) is 14.8 Å². The van der Waals surface area contributed by atoms with Gasteiger partial charge in [0.05, 0.1) is 0 Å². The summed E-state index contributed by atoms with van der Waals surface area (Å²) >= 11 is 0. The highest BCUT2D eigenvalue weighted by atomic mass is 32.2. The van der Waals surface area contributed by atoms with Crippen LogP contribution in [0.1, 0.15) is 12.8 Å². The Balaban J connectivity index is 2.12. The fraction of sp³-hybridized carbons (Fsp3) is 1.00. The van der Waals surface area contributed by atoms with E-state index >= 15 is 0 Å². The molecule has 0 aromatic rings. The number of nitrogens with one attached hydrogen (secondary N) is 3. The van der Waals surface area contributed by atoms with E-state index < -0.39 is 22.9 Å². The van der Waals surface area contributed by atoms with Crippen LogP contribution in [0.25, 0.3) is 0 Å². The molecule has 0 aliphatic heterocycles. The first-order chi connectivity index (χ1) is 7.29. The van der Waals surface area contributed by atoms with E-state index in [2.05, 4.69) is 5.32 Å². The van der Waals surface area contributed by atoms with Crippen LogP contribution in [0.5, 0.6) is 0 Å². The molecule has 96 valence electrons. The third-order valence-electron chi connectivity index (χ3n) is 1.89. The van der Waals surface area contributed by atoms with Gasteiger partial charge in [-0.1, -0.05) is 0 Å². The Morgan fingerprint density at radius 3 is 2.25 bits per heavy atom. The third kappa shape index (κ3) is 6.99. The average molecular weight is 261 g/mol. The number of alkyl halides is 3. The van der Waals surface area contributed by atoms with E-state index in [0.29, 0.717) is 12.6 Å². The van der Waals surface area contributed by atoms with E-state index in [4.69, 9.17) is 0 Å². The molecular weight excluding hydrogens is 247 g/mol. The van der Waals surface area contributed by atoms with E-state index in [9.17, 15) is 21.6 Å². The summed E-state index contributed by atoms with van der Waals surface area (Å²) in [7, 11) is -4.05. The lowest BCUT2D eigenvalue weighted by Crippen LogP contribution is -2.43. The number of hydrogen-bond acceptors (Lipinski definition) is 3. The molecule has 0 radical (unpaired) electrons. The van der Waals surface area contributed by atoms with E-state index in [0.717, 1.165) is 12.8 Å². The summed E-state index contributed by atoms with van der Waals surface area (Å²) < 4.78 is 60.6. The predicted octanol–water partition coefficient (Wildman–Crippen LogP) is -0.275. The number of rotatable bonds is 7. The van der Waals surface area contributed by atoms with Gasteiger partial charge in [-0.3, -0.25) is 0 Å². The molecule has 5 nitrogen and oxygen atoms in total. The molecule has 0 saturated heterocycles. The summed E-state index contributed by atoms with van der Waals surface area (Å²) in [6.45, 7) is -1.07. The lowest BCUT2D eigenvalue weighted by Gasteiger charge is -2.10. The molecule has 0 aromatic heterocycles. The van der Waals surface area contributed by atoms with Crippen LogP contribution in [0.15, 0.2) is 0 Å². The van der Waals surface area contributed by atoms with Crippen LogP contribution in [-0.2, 0) is 10.2 Å². The molecule has 1 fully saturated rings. The SMILES string of the molecule is O=S(=O)(NCCNC1CC1)NCC(F)(F)F. The Hall–Kier alpha value is -0.380. The molecule has 16 heavy (non-hydrogen) atoms. The topological polar surface area (TPSA) is 70.2 Å². The van der Waals surface area contributed by atoms with Crippen LogP contribution in [0.4, 0.5) is 13.2 Å². The van der Waals surface area contributed by atoms with Gasteiger partial charge in [-0.15, -0.1) is 0 Å². The summed E-state index contributed by atoms with van der Waals surface area (Å²) in [6, 6.07) is 0.438. The molecule has 0 heterocycles. The first-order valence-corrected chi connectivity index (χ1v) is 6.31. The first-order valence-electron chi connectivity index (χ1n) is 4.83. The maximum absolute atomic E-state index is 11.7. The molecule has 3 N–H and O–H groups in total. The zero-order valence-corrected chi connectivity index (χ0v) is 9.29. The van der Waals surface area contributed by atoms with Gasteiger partial charge in [0.2, 0.25) is 0 Å². The van der Waals surface area contributed by atoms with Gasteiger partial charge in [-0.25, -0.2) is 4.72 Å². The normalized spacial score (nSPS) is 17.7. The van der Waals surface area contributed by atoms with E-state index in [1.807, 2.05) is 4.72 Å². The summed E-state index contributed by atoms with van der Waals surface area (Å²) in [4.78, 5) is 0. The zero-order valence-electron chi connectivity index (χ0n) is 8.47. The second-order valence-corrected chi connectivity index (χ2v) is 5.15. The summed E-state index contributed by atoms with van der Waals surface area (Å²) in [5.41, 5.74) is 0. The highest BCUT2D eigenvalue weighted by Crippen LogP contribution is 2.17. The Morgan fingerprint density at radius 2 is 1.75 bits per heavy atom. The molecule has 0 bridgehead atoms. The number of halogens is 3. The fourth-order valence-electron chi connectivity index (χ4n) is 0.977. The lowest BCUT2D eigenvalue weighted by atomic mass is 10.6. The van der Waals surface area contributed by atoms with Gasteiger partial charge in [0.25, 0.3) is 10.2 Å². The molecule has 0 atom stereocenters. The van der Waals surface area contributed by atoms with E-state index in [-0.39, 0.29) is 6.54 Å². The quantitative estimate of drug-likeness (QED) is 0.552. The average Bonchev–Trinajstić information content (AvgIpc) is 2.92. The van der Waals surface area contributed by atoms with Gasteiger partial charge in [-0.05, 0) is 12.8 Å². The van der Waals surface area contributed by atoms with Crippen molar-refractivity contribution in [3.05, 3.63) is 0 Å². The van der Waals surface area contributed by atoms with Crippen LogP contribution in [-0.4, -0.2) is 40.3 Å². The van der Waals surface area contributed by atoms with Crippen LogP contribution < -0.4 is 14.8 Å². The van der Waals surface area contributed by atoms with Crippen molar-refractivity contribution >= 4 is 10.2 Å². The lowest BCUT2D eigenvalue weighted by molar-refractivity contribution is -0.121. The predicted molar refractivity (Wildman–Crippen MR) is 52.0 cm³/mol. The molecular formula is C7H14F3N3O2S. The Morgan fingerprint density at radius 1 is 1.12 bits per heavy atom. The second-order valence-electron chi connectivity index (χ2n) is 3.56. The summed E-state index contributed by atoms with van der Waals surface area (Å²) in [5.74, 6) is 0. The second kappa shape index (κ2) is 5.30. The van der Waals surface area contributed by atoms with Gasteiger partial charge >= 0.3 is 6.18 Å².